The normalized spacial score (nSPS) is 12.8. The van der Waals surface area contributed by atoms with Crippen molar-refractivity contribution in [1.82, 2.24) is 0 Å². The lowest BCUT2D eigenvalue weighted by Crippen LogP contribution is -1.96. The molecular weight excluding hydrogens is 247 g/mol. The number of hydrogen-bond donors (Lipinski definition) is 1. The minimum Gasteiger partial charge on any atom is -0.383 e. The molecule has 0 aliphatic rings. The van der Waals surface area contributed by atoms with Gasteiger partial charge in [-0.15, -0.1) is 11.3 Å². The standard InChI is InChI=1S/C15H11FOS/c16-12-7-5-10(6-8-12)15(17)14-9-11-3-1-2-4-13(11)18-14/h1-9,15,17H. The lowest BCUT2D eigenvalue weighted by Gasteiger charge is -2.08. The van der Waals surface area contributed by atoms with E-state index in [9.17, 15) is 9.50 Å². The average molecular weight is 258 g/mol. The number of hydrogen-bond acceptors (Lipinski definition) is 2. The number of benzene rings is 2. The van der Waals surface area contributed by atoms with Gasteiger partial charge in [-0.25, -0.2) is 4.39 Å². The molecule has 0 amide bonds. The number of aliphatic hydroxyl groups excluding tert-OH is 1. The topological polar surface area (TPSA) is 20.2 Å². The zero-order chi connectivity index (χ0) is 12.5. The van der Waals surface area contributed by atoms with Crippen LogP contribution in [0.25, 0.3) is 10.1 Å². The summed E-state index contributed by atoms with van der Waals surface area (Å²) in [4.78, 5) is 0.878. The Balaban J connectivity index is 2.00. The highest BCUT2D eigenvalue weighted by molar-refractivity contribution is 7.19. The molecule has 0 aliphatic heterocycles. The summed E-state index contributed by atoms with van der Waals surface area (Å²) in [6, 6.07) is 15.9. The van der Waals surface area contributed by atoms with E-state index in [4.69, 9.17) is 0 Å². The smallest absolute Gasteiger partial charge is 0.123 e. The van der Waals surface area contributed by atoms with E-state index in [0.29, 0.717) is 5.56 Å². The molecule has 0 bridgehead atoms. The molecule has 2 aromatic carbocycles. The van der Waals surface area contributed by atoms with E-state index in [1.165, 1.54) is 12.1 Å². The second kappa shape index (κ2) is 4.52. The van der Waals surface area contributed by atoms with Gasteiger partial charge in [-0.3, -0.25) is 0 Å². The Bertz CT molecular complexity index is 639. The highest BCUT2D eigenvalue weighted by atomic mass is 32.1. The predicted octanol–water partition coefficient (Wildman–Crippen LogP) is 4.12. The van der Waals surface area contributed by atoms with Gasteiger partial charge in [0.05, 0.1) is 0 Å². The summed E-state index contributed by atoms with van der Waals surface area (Å²) in [5, 5.41) is 11.4. The number of rotatable bonds is 2. The number of aliphatic hydroxyl groups is 1. The molecule has 1 atom stereocenters. The van der Waals surface area contributed by atoms with Crippen molar-refractivity contribution in [2.75, 3.05) is 0 Å². The maximum absolute atomic E-state index is 12.8. The molecule has 1 heterocycles. The van der Waals surface area contributed by atoms with Crippen LogP contribution >= 0.6 is 11.3 Å². The number of thiophene rings is 1. The Labute approximate surface area is 108 Å². The van der Waals surface area contributed by atoms with Crippen LogP contribution in [0.3, 0.4) is 0 Å². The van der Waals surface area contributed by atoms with Crippen LogP contribution in [0.2, 0.25) is 0 Å². The molecule has 3 rings (SSSR count). The van der Waals surface area contributed by atoms with Gasteiger partial charge in [0.15, 0.2) is 0 Å². The largest absolute Gasteiger partial charge is 0.383 e. The highest BCUT2D eigenvalue weighted by Gasteiger charge is 2.13. The van der Waals surface area contributed by atoms with Crippen molar-refractivity contribution in [3.05, 3.63) is 70.9 Å². The lowest BCUT2D eigenvalue weighted by atomic mass is 10.1. The van der Waals surface area contributed by atoms with E-state index in [2.05, 4.69) is 0 Å². The van der Waals surface area contributed by atoms with Crippen LogP contribution in [0.5, 0.6) is 0 Å². The van der Waals surface area contributed by atoms with Crippen molar-refractivity contribution >= 4 is 21.4 Å². The number of halogens is 1. The summed E-state index contributed by atoms with van der Waals surface area (Å²) in [6.45, 7) is 0. The Morgan fingerprint density at radius 1 is 1.00 bits per heavy atom. The molecule has 3 aromatic rings. The summed E-state index contributed by atoms with van der Waals surface area (Å²) in [7, 11) is 0. The van der Waals surface area contributed by atoms with Gasteiger partial charge in [0, 0.05) is 9.58 Å². The zero-order valence-corrected chi connectivity index (χ0v) is 10.3. The molecule has 18 heavy (non-hydrogen) atoms. The van der Waals surface area contributed by atoms with E-state index >= 15 is 0 Å². The van der Waals surface area contributed by atoms with E-state index in [0.717, 1.165) is 15.0 Å². The summed E-state index contributed by atoms with van der Waals surface area (Å²) < 4.78 is 14.0. The molecule has 1 nitrogen and oxygen atoms in total. The average Bonchev–Trinajstić information content (AvgIpc) is 2.82. The molecule has 1 N–H and O–H groups in total. The van der Waals surface area contributed by atoms with Crippen molar-refractivity contribution in [3.8, 4) is 0 Å². The fourth-order valence-electron chi connectivity index (χ4n) is 1.95. The first-order chi connectivity index (χ1) is 8.74. The second-order valence-electron chi connectivity index (χ2n) is 4.14. The van der Waals surface area contributed by atoms with Gasteiger partial charge in [-0.1, -0.05) is 30.3 Å². The fraction of sp³-hybridized carbons (Fsp3) is 0.0667. The molecule has 1 aromatic heterocycles. The third kappa shape index (κ3) is 2.03. The Morgan fingerprint density at radius 3 is 2.44 bits per heavy atom. The molecule has 0 spiro atoms. The molecule has 0 aliphatic carbocycles. The molecular formula is C15H11FOS. The monoisotopic (exact) mass is 258 g/mol. The molecule has 0 radical (unpaired) electrons. The van der Waals surface area contributed by atoms with Crippen LogP contribution in [0, 0.1) is 5.82 Å². The van der Waals surface area contributed by atoms with Crippen molar-refractivity contribution in [1.29, 1.82) is 0 Å². The lowest BCUT2D eigenvalue weighted by molar-refractivity contribution is 0.224. The van der Waals surface area contributed by atoms with Gasteiger partial charge in [-0.05, 0) is 35.2 Å². The molecule has 90 valence electrons. The molecule has 0 saturated carbocycles. The third-order valence-corrected chi connectivity index (χ3v) is 4.07. The van der Waals surface area contributed by atoms with Crippen LogP contribution in [-0.4, -0.2) is 5.11 Å². The fourth-order valence-corrected chi connectivity index (χ4v) is 3.03. The number of fused-ring (bicyclic) bond motifs is 1. The van der Waals surface area contributed by atoms with Crippen molar-refractivity contribution in [2.45, 2.75) is 6.10 Å². The van der Waals surface area contributed by atoms with E-state index < -0.39 is 6.10 Å². The van der Waals surface area contributed by atoms with Crippen LogP contribution < -0.4 is 0 Å². The highest BCUT2D eigenvalue weighted by Crippen LogP contribution is 2.32. The van der Waals surface area contributed by atoms with Gasteiger partial charge < -0.3 is 5.11 Å². The summed E-state index contributed by atoms with van der Waals surface area (Å²) in [5.74, 6) is -0.290. The zero-order valence-electron chi connectivity index (χ0n) is 9.51. The van der Waals surface area contributed by atoms with Gasteiger partial charge in [0.2, 0.25) is 0 Å². The molecule has 3 heteroatoms. The van der Waals surface area contributed by atoms with Gasteiger partial charge in [0.25, 0.3) is 0 Å². The van der Waals surface area contributed by atoms with Crippen molar-refractivity contribution in [3.63, 3.8) is 0 Å². The Morgan fingerprint density at radius 2 is 1.72 bits per heavy atom. The van der Waals surface area contributed by atoms with E-state index in [1.54, 1.807) is 23.5 Å². The van der Waals surface area contributed by atoms with Crippen LogP contribution in [0.15, 0.2) is 54.6 Å². The Hall–Kier alpha value is -1.71. The first kappa shape index (κ1) is 11.4. The van der Waals surface area contributed by atoms with Crippen molar-refractivity contribution < 1.29 is 9.50 Å². The maximum Gasteiger partial charge on any atom is 0.123 e. The molecule has 0 fully saturated rings. The summed E-state index contributed by atoms with van der Waals surface area (Å²) >= 11 is 1.56. The van der Waals surface area contributed by atoms with E-state index in [1.807, 2.05) is 30.3 Å². The minimum atomic E-state index is -0.692. The predicted molar refractivity (Wildman–Crippen MR) is 72.3 cm³/mol. The molecule has 0 saturated heterocycles. The van der Waals surface area contributed by atoms with Crippen LogP contribution in [0.1, 0.15) is 16.5 Å². The van der Waals surface area contributed by atoms with Crippen molar-refractivity contribution in [2.24, 2.45) is 0 Å². The van der Waals surface area contributed by atoms with E-state index in [-0.39, 0.29) is 5.82 Å². The summed E-state index contributed by atoms with van der Waals surface area (Å²) in [5.41, 5.74) is 0.711. The first-order valence-electron chi connectivity index (χ1n) is 5.66. The third-order valence-electron chi connectivity index (χ3n) is 2.90. The quantitative estimate of drug-likeness (QED) is 0.733. The van der Waals surface area contributed by atoms with Gasteiger partial charge in [0.1, 0.15) is 11.9 Å². The van der Waals surface area contributed by atoms with Gasteiger partial charge in [-0.2, -0.15) is 0 Å². The second-order valence-corrected chi connectivity index (χ2v) is 5.26. The van der Waals surface area contributed by atoms with Crippen LogP contribution in [0.4, 0.5) is 4.39 Å². The van der Waals surface area contributed by atoms with Gasteiger partial charge >= 0.3 is 0 Å². The summed E-state index contributed by atoms with van der Waals surface area (Å²) in [6.07, 6.45) is -0.692. The van der Waals surface area contributed by atoms with Crippen LogP contribution in [-0.2, 0) is 0 Å². The first-order valence-corrected chi connectivity index (χ1v) is 6.48. The maximum atomic E-state index is 12.8. The minimum absolute atomic E-state index is 0.290. The SMILES string of the molecule is OC(c1ccc(F)cc1)c1cc2ccccc2s1. The molecule has 1 unspecified atom stereocenters. The Kier molecular flexibility index (Phi) is 2.86.